The fourth-order valence-corrected chi connectivity index (χ4v) is 1.20. The predicted octanol–water partition coefficient (Wildman–Crippen LogP) is -0.00340. The van der Waals surface area contributed by atoms with Gasteiger partial charge in [-0.05, 0) is 19.9 Å². The lowest BCUT2D eigenvalue weighted by Crippen LogP contribution is -2.47. The molecule has 0 bridgehead atoms. The number of hydrogen-bond acceptors (Lipinski definition) is 6. The van der Waals surface area contributed by atoms with Crippen LogP contribution in [0.4, 0.5) is 0 Å². The lowest BCUT2D eigenvalue weighted by molar-refractivity contribution is -0.160. The molecule has 0 saturated heterocycles. The smallest absolute Gasteiger partial charge is 0.350 e. The summed E-state index contributed by atoms with van der Waals surface area (Å²) in [5.41, 5.74) is -1.70. The van der Waals surface area contributed by atoms with Gasteiger partial charge in [-0.3, -0.25) is 0 Å². The predicted molar refractivity (Wildman–Crippen MR) is 56.8 cm³/mol. The van der Waals surface area contributed by atoms with Gasteiger partial charge in [-0.2, -0.15) is 0 Å². The summed E-state index contributed by atoms with van der Waals surface area (Å²) < 4.78 is 9.64. The number of nitrogens with one attached hydrogen (secondary N) is 1. The number of aliphatic imine (C=N–C) groups is 1. The summed E-state index contributed by atoms with van der Waals surface area (Å²) >= 11 is 0. The highest BCUT2D eigenvalue weighted by molar-refractivity contribution is 6.09. The molecule has 0 radical (unpaired) electrons. The molecule has 0 aromatic heterocycles. The van der Waals surface area contributed by atoms with Gasteiger partial charge < -0.3 is 14.8 Å². The van der Waals surface area contributed by atoms with E-state index in [1.807, 2.05) is 0 Å². The number of ether oxygens (including phenoxy) is 2. The fourth-order valence-electron chi connectivity index (χ4n) is 1.20. The number of esters is 2. The van der Waals surface area contributed by atoms with Gasteiger partial charge >= 0.3 is 11.9 Å². The molecule has 0 fully saturated rings. The summed E-state index contributed by atoms with van der Waals surface area (Å²) in [7, 11) is 0. The minimum absolute atomic E-state index is 0.177. The van der Waals surface area contributed by atoms with Gasteiger partial charge in [0.2, 0.25) is 0 Å². The van der Waals surface area contributed by atoms with Gasteiger partial charge in [0.1, 0.15) is 0 Å². The van der Waals surface area contributed by atoms with Crippen LogP contribution in [0.25, 0.3) is 0 Å². The molecule has 88 valence electrons. The summed E-state index contributed by atoms with van der Waals surface area (Å²) in [4.78, 5) is 27.3. The Balaban J connectivity index is 2.97. The number of carbonyl (C=O) groups excluding carboxylic acids is 2. The Morgan fingerprint density at radius 1 is 1.25 bits per heavy atom. The van der Waals surface area contributed by atoms with E-state index in [1.54, 1.807) is 13.8 Å². The van der Waals surface area contributed by atoms with E-state index in [9.17, 15) is 9.59 Å². The van der Waals surface area contributed by atoms with Crippen molar-refractivity contribution in [2.45, 2.75) is 19.4 Å². The van der Waals surface area contributed by atoms with Gasteiger partial charge in [0.15, 0.2) is 0 Å². The van der Waals surface area contributed by atoms with Gasteiger partial charge in [-0.1, -0.05) is 0 Å². The van der Waals surface area contributed by atoms with Gasteiger partial charge in [0.25, 0.3) is 5.54 Å². The minimum Gasteiger partial charge on any atom is -0.463 e. The maximum atomic E-state index is 11.7. The van der Waals surface area contributed by atoms with Crippen LogP contribution in [0.3, 0.4) is 0 Å². The first kappa shape index (κ1) is 12.2. The summed E-state index contributed by atoms with van der Waals surface area (Å²) in [6.45, 7) is 3.67. The first-order valence-electron chi connectivity index (χ1n) is 4.99. The second kappa shape index (κ2) is 5.29. The van der Waals surface area contributed by atoms with E-state index in [2.05, 4.69) is 10.3 Å². The lowest BCUT2D eigenvalue weighted by atomic mass is 10.0. The Morgan fingerprint density at radius 2 is 1.81 bits per heavy atom. The highest BCUT2D eigenvalue weighted by Gasteiger charge is 2.47. The molecular formula is C10H14N2O4. The van der Waals surface area contributed by atoms with E-state index in [4.69, 9.17) is 9.47 Å². The molecular weight excluding hydrogens is 212 g/mol. The molecule has 0 aromatic rings. The van der Waals surface area contributed by atoms with Crippen molar-refractivity contribution >= 4 is 18.3 Å². The molecule has 0 aliphatic carbocycles. The van der Waals surface area contributed by atoms with Crippen molar-refractivity contribution in [1.82, 2.24) is 5.32 Å². The molecule has 1 N–H and O–H groups in total. The summed E-state index contributed by atoms with van der Waals surface area (Å²) in [6.07, 6.45) is 4.03. The molecule has 6 nitrogen and oxygen atoms in total. The molecule has 6 heteroatoms. The van der Waals surface area contributed by atoms with E-state index in [0.717, 1.165) is 0 Å². The van der Waals surface area contributed by atoms with E-state index in [0.29, 0.717) is 0 Å². The summed E-state index contributed by atoms with van der Waals surface area (Å²) in [6, 6.07) is 0. The van der Waals surface area contributed by atoms with Crippen molar-refractivity contribution in [3.8, 4) is 0 Å². The third-order valence-corrected chi connectivity index (χ3v) is 1.94. The van der Waals surface area contributed by atoms with Gasteiger partial charge in [-0.15, -0.1) is 0 Å². The monoisotopic (exact) mass is 226 g/mol. The Labute approximate surface area is 93.3 Å². The summed E-state index contributed by atoms with van der Waals surface area (Å²) in [5.74, 6) is -1.47. The van der Waals surface area contributed by atoms with Crippen molar-refractivity contribution < 1.29 is 19.1 Å². The Bertz CT molecular complexity index is 304. The van der Waals surface area contributed by atoms with Crippen molar-refractivity contribution in [2.75, 3.05) is 13.2 Å². The largest absolute Gasteiger partial charge is 0.463 e. The normalized spacial score (nSPS) is 16.4. The number of carbonyl (C=O) groups is 2. The first-order valence-corrected chi connectivity index (χ1v) is 4.99. The van der Waals surface area contributed by atoms with Gasteiger partial charge in [0, 0.05) is 6.20 Å². The zero-order valence-electron chi connectivity index (χ0n) is 9.23. The van der Waals surface area contributed by atoms with Crippen LogP contribution in [-0.4, -0.2) is 37.0 Å². The molecule has 0 spiro atoms. The van der Waals surface area contributed by atoms with Crippen LogP contribution in [0.1, 0.15) is 13.8 Å². The van der Waals surface area contributed by atoms with Crippen LogP contribution in [0.15, 0.2) is 17.3 Å². The molecule has 1 heterocycles. The fraction of sp³-hybridized carbons (Fsp3) is 0.500. The maximum absolute atomic E-state index is 11.7. The molecule has 1 aliphatic rings. The maximum Gasteiger partial charge on any atom is 0.350 e. The number of hydrogen-bond donors (Lipinski definition) is 1. The van der Waals surface area contributed by atoms with Crippen LogP contribution in [0, 0.1) is 0 Å². The highest BCUT2D eigenvalue weighted by Crippen LogP contribution is 2.19. The topological polar surface area (TPSA) is 77.0 Å². The van der Waals surface area contributed by atoms with Crippen LogP contribution in [-0.2, 0) is 19.1 Å². The van der Waals surface area contributed by atoms with Crippen LogP contribution in [0.2, 0.25) is 0 Å². The van der Waals surface area contributed by atoms with E-state index in [-0.39, 0.29) is 13.2 Å². The standard InChI is InChI=1S/C10H14N2O4/c1-3-15-8(13)10(9(14)16-4-2)5-6-11-7-12-10/h5-7H,3-4H2,1-2H3,(H,11,12). The van der Waals surface area contributed by atoms with E-state index < -0.39 is 17.5 Å². The van der Waals surface area contributed by atoms with Gasteiger partial charge in [0.05, 0.1) is 19.6 Å². The average Bonchev–Trinajstić information content (AvgIpc) is 2.30. The SMILES string of the molecule is CCOC(=O)C1(C(=O)OCC)C=CNC=N1. The van der Waals surface area contributed by atoms with E-state index in [1.165, 1.54) is 18.6 Å². The molecule has 0 unspecified atom stereocenters. The molecule has 1 rings (SSSR count). The average molecular weight is 226 g/mol. The summed E-state index contributed by atoms with van der Waals surface area (Å²) in [5, 5.41) is 2.65. The van der Waals surface area contributed by atoms with Crippen molar-refractivity contribution in [1.29, 1.82) is 0 Å². The second-order valence-electron chi connectivity index (χ2n) is 2.97. The van der Waals surface area contributed by atoms with Crippen molar-refractivity contribution in [2.24, 2.45) is 4.99 Å². The van der Waals surface area contributed by atoms with Crippen molar-refractivity contribution in [3.05, 3.63) is 12.3 Å². The molecule has 0 saturated carbocycles. The Kier molecular flexibility index (Phi) is 4.04. The highest BCUT2D eigenvalue weighted by atomic mass is 16.6. The van der Waals surface area contributed by atoms with Crippen LogP contribution >= 0.6 is 0 Å². The van der Waals surface area contributed by atoms with E-state index >= 15 is 0 Å². The molecule has 0 aromatic carbocycles. The minimum atomic E-state index is -1.70. The number of nitrogens with zero attached hydrogens (tertiary/aromatic N) is 1. The zero-order valence-corrected chi connectivity index (χ0v) is 9.23. The van der Waals surface area contributed by atoms with Crippen LogP contribution < -0.4 is 5.32 Å². The zero-order chi connectivity index (χ0) is 12.0. The molecule has 0 amide bonds. The third kappa shape index (κ3) is 2.21. The lowest BCUT2D eigenvalue weighted by Gasteiger charge is -2.23. The molecule has 16 heavy (non-hydrogen) atoms. The first-order chi connectivity index (χ1) is 7.67. The third-order valence-electron chi connectivity index (χ3n) is 1.94. The molecule has 1 aliphatic heterocycles. The Hall–Kier alpha value is -1.85. The second-order valence-corrected chi connectivity index (χ2v) is 2.97. The quantitative estimate of drug-likeness (QED) is 0.539. The molecule has 0 atom stereocenters. The van der Waals surface area contributed by atoms with Gasteiger partial charge in [-0.25, -0.2) is 14.6 Å². The van der Waals surface area contributed by atoms with Crippen molar-refractivity contribution in [3.63, 3.8) is 0 Å². The Morgan fingerprint density at radius 3 is 2.19 bits per heavy atom. The number of rotatable bonds is 4. The van der Waals surface area contributed by atoms with Crippen LogP contribution in [0.5, 0.6) is 0 Å².